The molecule has 1 aliphatic rings. The van der Waals surface area contributed by atoms with Gasteiger partial charge >= 0.3 is 0 Å². The third-order valence-electron chi connectivity index (χ3n) is 1.77. The zero-order valence-electron chi connectivity index (χ0n) is 5.83. The van der Waals surface area contributed by atoms with Gasteiger partial charge in [-0.15, -0.1) is 0 Å². The lowest BCUT2D eigenvalue weighted by molar-refractivity contribution is -0.139. The predicted molar refractivity (Wildman–Crippen MR) is 34.4 cm³/mol. The second-order valence-electron chi connectivity index (χ2n) is 2.41. The Balaban J connectivity index is 2.71. The Bertz CT molecular complexity index is 179. The van der Waals surface area contributed by atoms with Gasteiger partial charge in [0, 0.05) is 12.3 Å². The highest BCUT2D eigenvalue weighted by Crippen LogP contribution is 2.18. The molecule has 0 saturated carbocycles. The molecule has 2 N–H and O–H groups in total. The largest absolute Gasteiger partial charge is 0.273 e. The molecule has 1 rings (SSSR count). The minimum atomic E-state index is -0.267. The van der Waals surface area contributed by atoms with Crippen LogP contribution in [-0.2, 0) is 9.59 Å². The van der Waals surface area contributed by atoms with Crippen LogP contribution in [0.15, 0.2) is 0 Å². The number of amides is 2. The van der Waals surface area contributed by atoms with E-state index in [1.54, 1.807) is 0 Å². The van der Waals surface area contributed by atoms with Gasteiger partial charge in [0.05, 0.1) is 0 Å². The van der Waals surface area contributed by atoms with E-state index in [1.807, 2.05) is 6.92 Å². The molecule has 0 aromatic heterocycles. The number of hydrazine groups is 1. The Hall–Kier alpha value is -0.900. The summed E-state index contributed by atoms with van der Waals surface area (Å²) >= 11 is 0. The summed E-state index contributed by atoms with van der Waals surface area (Å²) in [5.41, 5.74) is 0. The molecule has 56 valence electrons. The van der Waals surface area contributed by atoms with Gasteiger partial charge in [0.15, 0.2) is 0 Å². The molecule has 0 aliphatic carbocycles. The second kappa shape index (κ2) is 2.38. The average Bonchev–Trinajstić information content (AvgIpc) is 2.17. The summed E-state index contributed by atoms with van der Waals surface area (Å²) in [7, 11) is 0. The van der Waals surface area contributed by atoms with E-state index in [4.69, 9.17) is 5.84 Å². The van der Waals surface area contributed by atoms with Crippen LogP contribution in [-0.4, -0.2) is 16.8 Å². The van der Waals surface area contributed by atoms with Crippen LogP contribution in [0.5, 0.6) is 0 Å². The van der Waals surface area contributed by atoms with Crippen LogP contribution in [0.4, 0.5) is 0 Å². The van der Waals surface area contributed by atoms with Crippen LogP contribution in [0.2, 0.25) is 0 Å². The Morgan fingerprint density at radius 2 is 2.30 bits per heavy atom. The fraction of sp³-hybridized carbons (Fsp3) is 0.667. The molecule has 4 heteroatoms. The Labute approximate surface area is 59.0 Å². The van der Waals surface area contributed by atoms with Crippen LogP contribution >= 0.6 is 0 Å². The summed E-state index contributed by atoms with van der Waals surface area (Å²) in [6.07, 6.45) is 0.976. The van der Waals surface area contributed by atoms with E-state index in [0.29, 0.717) is 11.4 Å². The molecular weight excluding hydrogens is 132 g/mol. The standard InChI is InChI=1S/C6H10N2O2/c1-2-4-3-5(9)8(7)6(4)10/h4H,2-3,7H2,1H3/t4-/m0/s1. The Kier molecular flexibility index (Phi) is 1.72. The van der Waals surface area contributed by atoms with Gasteiger partial charge in [0.25, 0.3) is 0 Å². The summed E-state index contributed by atoms with van der Waals surface area (Å²) in [5.74, 6) is 4.44. The number of rotatable bonds is 1. The van der Waals surface area contributed by atoms with Crippen molar-refractivity contribution in [3.8, 4) is 0 Å². The fourth-order valence-corrected chi connectivity index (χ4v) is 1.04. The van der Waals surface area contributed by atoms with Crippen molar-refractivity contribution in [2.75, 3.05) is 0 Å². The molecule has 0 aromatic carbocycles. The number of carbonyl (C=O) groups is 2. The summed E-state index contributed by atoms with van der Waals surface area (Å²) < 4.78 is 0. The SMILES string of the molecule is CC[C@H]1CC(=O)N(N)C1=O. The van der Waals surface area contributed by atoms with Crippen molar-refractivity contribution >= 4 is 11.8 Å². The Morgan fingerprint density at radius 3 is 2.50 bits per heavy atom. The van der Waals surface area contributed by atoms with Gasteiger partial charge in [-0.3, -0.25) is 9.59 Å². The number of imide groups is 1. The summed E-state index contributed by atoms with van der Waals surface area (Å²) in [5, 5.41) is 0.716. The lowest BCUT2D eigenvalue weighted by Crippen LogP contribution is -2.36. The minimum absolute atomic E-state index is 0.169. The van der Waals surface area contributed by atoms with Crippen LogP contribution in [0.3, 0.4) is 0 Å². The van der Waals surface area contributed by atoms with Crippen molar-refractivity contribution < 1.29 is 9.59 Å². The summed E-state index contributed by atoms with van der Waals surface area (Å²) in [4.78, 5) is 21.7. The van der Waals surface area contributed by atoms with Gasteiger partial charge in [-0.1, -0.05) is 6.92 Å². The first-order valence-electron chi connectivity index (χ1n) is 3.28. The monoisotopic (exact) mass is 142 g/mol. The van der Waals surface area contributed by atoms with Crippen molar-refractivity contribution in [1.29, 1.82) is 0 Å². The maximum absolute atomic E-state index is 10.9. The molecule has 1 aliphatic heterocycles. The first-order valence-corrected chi connectivity index (χ1v) is 3.28. The number of nitrogens with two attached hydrogens (primary N) is 1. The number of hydrogen-bond acceptors (Lipinski definition) is 3. The first kappa shape index (κ1) is 7.21. The van der Waals surface area contributed by atoms with E-state index < -0.39 is 0 Å². The van der Waals surface area contributed by atoms with E-state index in [0.717, 1.165) is 0 Å². The molecule has 0 spiro atoms. The van der Waals surface area contributed by atoms with Crippen molar-refractivity contribution in [1.82, 2.24) is 5.01 Å². The maximum Gasteiger partial charge on any atom is 0.247 e. The lowest BCUT2D eigenvalue weighted by atomic mass is 10.1. The molecule has 0 unspecified atom stereocenters. The van der Waals surface area contributed by atoms with Crippen LogP contribution < -0.4 is 5.84 Å². The molecule has 10 heavy (non-hydrogen) atoms. The fourth-order valence-electron chi connectivity index (χ4n) is 1.04. The molecule has 1 heterocycles. The summed E-state index contributed by atoms with van der Waals surface area (Å²) in [6.45, 7) is 1.87. The van der Waals surface area contributed by atoms with Crippen molar-refractivity contribution in [3.05, 3.63) is 0 Å². The van der Waals surface area contributed by atoms with Gasteiger partial charge in [0.2, 0.25) is 11.8 Å². The topological polar surface area (TPSA) is 63.4 Å². The molecular formula is C6H10N2O2. The number of carbonyl (C=O) groups excluding carboxylic acids is 2. The molecule has 0 radical (unpaired) electrons. The van der Waals surface area contributed by atoms with Gasteiger partial charge in [-0.25, -0.2) is 10.9 Å². The van der Waals surface area contributed by atoms with Crippen LogP contribution in [0, 0.1) is 5.92 Å². The molecule has 0 bridgehead atoms. The minimum Gasteiger partial charge on any atom is -0.273 e. The quantitative estimate of drug-likeness (QED) is 0.309. The maximum atomic E-state index is 10.9. The summed E-state index contributed by atoms with van der Waals surface area (Å²) in [6, 6.07) is 0. The van der Waals surface area contributed by atoms with Gasteiger partial charge in [-0.05, 0) is 6.42 Å². The lowest BCUT2D eigenvalue weighted by Gasteiger charge is -2.04. The van der Waals surface area contributed by atoms with Gasteiger partial charge < -0.3 is 0 Å². The molecule has 1 saturated heterocycles. The zero-order chi connectivity index (χ0) is 7.72. The van der Waals surface area contributed by atoms with E-state index in [2.05, 4.69) is 0 Å². The Morgan fingerprint density at radius 1 is 1.70 bits per heavy atom. The van der Waals surface area contributed by atoms with Gasteiger partial charge in [0.1, 0.15) is 0 Å². The number of hydrogen-bond donors (Lipinski definition) is 1. The van der Waals surface area contributed by atoms with Crippen molar-refractivity contribution in [2.24, 2.45) is 11.8 Å². The third-order valence-corrected chi connectivity index (χ3v) is 1.77. The third kappa shape index (κ3) is 0.903. The van der Waals surface area contributed by atoms with E-state index in [-0.39, 0.29) is 24.2 Å². The van der Waals surface area contributed by atoms with E-state index in [1.165, 1.54) is 0 Å². The first-order chi connectivity index (χ1) is 4.66. The molecule has 1 atom stereocenters. The molecule has 1 fully saturated rings. The van der Waals surface area contributed by atoms with Crippen molar-refractivity contribution in [2.45, 2.75) is 19.8 Å². The molecule has 4 nitrogen and oxygen atoms in total. The predicted octanol–water partition coefficient (Wildman–Crippen LogP) is -0.355. The highest BCUT2D eigenvalue weighted by Gasteiger charge is 2.35. The number of nitrogens with zero attached hydrogens (tertiary/aromatic N) is 1. The smallest absolute Gasteiger partial charge is 0.247 e. The van der Waals surface area contributed by atoms with E-state index >= 15 is 0 Å². The highest BCUT2D eigenvalue weighted by molar-refractivity contribution is 6.02. The van der Waals surface area contributed by atoms with Crippen molar-refractivity contribution in [3.63, 3.8) is 0 Å². The van der Waals surface area contributed by atoms with Crippen LogP contribution in [0.25, 0.3) is 0 Å². The van der Waals surface area contributed by atoms with E-state index in [9.17, 15) is 9.59 Å². The average molecular weight is 142 g/mol. The molecule has 2 amide bonds. The van der Waals surface area contributed by atoms with Crippen LogP contribution in [0.1, 0.15) is 19.8 Å². The van der Waals surface area contributed by atoms with Gasteiger partial charge in [-0.2, -0.15) is 0 Å². The molecule has 0 aromatic rings. The normalized spacial score (nSPS) is 26.2. The second-order valence-corrected chi connectivity index (χ2v) is 2.41. The highest BCUT2D eigenvalue weighted by atomic mass is 16.2. The zero-order valence-corrected chi connectivity index (χ0v) is 5.83.